The standard InChI is InChI=1S/C5H9N.2C4H9.Sn/c1-5(2)4-6-3;2*1-3-4-2;/h1H,4H2,2-3H3;2*1,3-4H2,2H3;/q-1;;;+1. The Morgan fingerprint density at radius 1 is 1.20 bits per heavy atom. The molecule has 0 fully saturated rings. The van der Waals surface area contributed by atoms with Gasteiger partial charge in [0.05, 0.1) is 0 Å². The number of unbranched alkanes of at least 4 members (excludes halogenated alkanes) is 2. The average Bonchev–Trinajstić information content (AvgIpc) is 2.48. The Bertz CT molecular complexity index is 215. The van der Waals surface area contributed by atoms with Gasteiger partial charge in [-0.15, -0.1) is 0 Å². The van der Waals surface area contributed by atoms with Crippen LogP contribution in [0.3, 0.4) is 0 Å². The minimum absolute atomic E-state index is 1.27. The van der Waals surface area contributed by atoms with Gasteiger partial charge < -0.3 is 0 Å². The molecule has 88 valence electrons. The van der Waals surface area contributed by atoms with Gasteiger partial charge in [0, 0.05) is 0 Å². The Morgan fingerprint density at radius 3 is 2.07 bits per heavy atom. The monoisotopic (exact) mass is 317 g/mol. The van der Waals surface area contributed by atoms with Gasteiger partial charge in [-0.05, 0) is 0 Å². The summed E-state index contributed by atoms with van der Waals surface area (Å²) < 4.78 is 8.63. The van der Waals surface area contributed by atoms with Crippen LogP contribution in [0.25, 0.3) is 0 Å². The van der Waals surface area contributed by atoms with Crippen molar-refractivity contribution in [3.63, 3.8) is 0 Å². The van der Waals surface area contributed by atoms with E-state index in [4.69, 9.17) is 0 Å². The van der Waals surface area contributed by atoms with E-state index >= 15 is 0 Å². The van der Waals surface area contributed by atoms with E-state index in [2.05, 4.69) is 35.0 Å². The summed E-state index contributed by atoms with van der Waals surface area (Å²) in [7, 11) is 2.38. The molecule has 0 saturated heterocycles. The quantitative estimate of drug-likeness (QED) is 0.671. The molecule has 0 aromatic carbocycles. The summed E-state index contributed by atoms with van der Waals surface area (Å²) >= 11 is -1.97. The number of nitrogens with zero attached hydrogens (tertiary/aromatic N) is 1. The normalized spacial score (nSPS) is 20.7. The summed E-state index contributed by atoms with van der Waals surface area (Å²) in [6.45, 7) is 8.24. The Kier molecular flexibility index (Phi) is 5.69. The van der Waals surface area contributed by atoms with E-state index in [1.807, 2.05) is 0 Å². The summed E-state index contributed by atoms with van der Waals surface area (Å²) in [5, 5.41) is 0. The Morgan fingerprint density at radius 2 is 1.73 bits per heavy atom. The average molecular weight is 316 g/mol. The summed E-state index contributed by atoms with van der Waals surface area (Å²) in [4.78, 5) is 0. The molecule has 1 nitrogen and oxygen atoms in total. The topological polar surface area (TPSA) is 3.24 Å². The Balaban J connectivity index is 2.67. The van der Waals surface area contributed by atoms with Crippen LogP contribution < -0.4 is 0 Å². The molecule has 0 N–H and O–H groups in total. The first-order chi connectivity index (χ1) is 7.14. The molecule has 1 heterocycles. The summed E-state index contributed by atoms with van der Waals surface area (Å²) in [6, 6.07) is 0. The molecule has 0 saturated carbocycles. The first kappa shape index (κ1) is 13.6. The molecule has 1 aliphatic rings. The fraction of sp³-hybridized carbons (Fsp3) is 0.846. The van der Waals surface area contributed by atoms with Crippen molar-refractivity contribution in [2.24, 2.45) is 0 Å². The first-order valence-electron chi connectivity index (χ1n) is 6.54. The molecular formula is C13H27NSn. The molecule has 0 atom stereocenters. The minimum atomic E-state index is -1.97. The van der Waals surface area contributed by atoms with E-state index in [1.54, 1.807) is 14.4 Å². The van der Waals surface area contributed by atoms with Gasteiger partial charge in [-0.2, -0.15) is 0 Å². The van der Waals surface area contributed by atoms with Crippen molar-refractivity contribution in [2.75, 3.05) is 13.6 Å². The van der Waals surface area contributed by atoms with Gasteiger partial charge in [0.2, 0.25) is 0 Å². The van der Waals surface area contributed by atoms with Gasteiger partial charge >= 0.3 is 100 Å². The van der Waals surface area contributed by atoms with E-state index in [0.29, 0.717) is 0 Å². The molecule has 0 aliphatic carbocycles. The van der Waals surface area contributed by atoms with Crippen molar-refractivity contribution >= 4 is 18.7 Å². The maximum absolute atomic E-state index is 2.77. The number of rotatable bonds is 6. The fourth-order valence-electron chi connectivity index (χ4n) is 2.76. The molecule has 0 bridgehead atoms. The third-order valence-electron chi connectivity index (χ3n) is 3.69. The zero-order chi connectivity index (χ0) is 11.3. The molecule has 0 amide bonds. The molecule has 15 heavy (non-hydrogen) atoms. The SMILES string of the molecule is CCC[CH2][Sn]1([CH2]CCC)[CH]=C(C)C[N]1C. The van der Waals surface area contributed by atoms with Crippen molar-refractivity contribution < 1.29 is 0 Å². The molecule has 0 spiro atoms. The predicted molar refractivity (Wildman–Crippen MR) is 71.6 cm³/mol. The van der Waals surface area contributed by atoms with Crippen LogP contribution in [0.2, 0.25) is 8.87 Å². The number of hydrogen-bond acceptors (Lipinski definition) is 1. The van der Waals surface area contributed by atoms with Crippen LogP contribution in [0.5, 0.6) is 0 Å². The second-order valence-corrected chi connectivity index (χ2v) is 17.3. The molecule has 1 aliphatic heterocycles. The van der Waals surface area contributed by atoms with Gasteiger partial charge in [0.15, 0.2) is 0 Å². The van der Waals surface area contributed by atoms with Crippen LogP contribution >= 0.6 is 0 Å². The summed E-state index contributed by atoms with van der Waals surface area (Å²) in [5.74, 6) is 0. The molecule has 1 rings (SSSR count). The zero-order valence-corrected chi connectivity index (χ0v) is 13.8. The van der Waals surface area contributed by atoms with Gasteiger partial charge in [-0.25, -0.2) is 0 Å². The van der Waals surface area contributed by atoms with E-state index in [1.165, 1.54) is 32.2 Å². The van der Waals surface area contributed by atoms with Crippen molar-refractivity contribution in [3.05, 3.63) is 9.67 Å². The van der Waals surface area contributed by atoms with Crippen molar-refractivity contribution in [2.45, 2.75) is 55.3 Å². The zero-order valence-electron chi connectivity index (χ0n) is 11.0. The molecule has 0 radical (unpaired) electrons. The van der Waals surface area contributed by atoms with E-state index in [0.717, 1.165) is 0 Å². The second-order valence-electron chi connectivity index (χ2n) is 5.16. The molecule has 0 unspecified atom stereocenters. The summed E-state index contributed by atoms with van der Waals surface area (Å²) in [5.41, 5.74) is 1.65. The van der Waals surface area contributed by atoms with Gasteiger partial charge in [0.25, 0.3) is 0 Å². The van der Waals surface area contributed by atoms with E-state index < -0.39 is 18.7 Å². The van der Waals surface area contributed by atoms with Crippen molar-refractivity contribution in [1.29, 1.82) is 0 Å². The second kappa shape index (κ2) is 6.29. The molecular weight excluding hydrogens is 289 g/mol. The maximum atomic E-state index is 2.77. The van der Waals surface area contributed by atoms with Crippen LogP contribution in [-0.4, -0.2) is 35.4 Å². The van der Waals surface area contributed by atoms with Gasteiger partial charge in [-0.3, -0.25) is 0 Å². The fourth-order valence-corrected chi connectivity index (χ4v) is 17.1. The summed E-state index contributed by atoms with van der Waals surface area (Å²) in [6.07, 6.45) is 5.64. The van der Waals surface area contributed by atoms with E-state index in [-0.39, 0.29) is 0 Å². The molecule has 2 heteroatoms. The number of likely N-dealkylation sites (N-methyl/N-ethyl adjacent to an activating group) is 1. The number of hydrogen-bond donors (Lipinski definition) is 0. The van der Waals surface area contributed by atoms with Gasteiger partial charge in [-0.1, -0.05) is 0 Å². The van der Waals surface area contributed by atoms with Gasteiger partial charge in [0.1, 0.15) is 0 Å². The third kappa shape index (κ3) is 3.48. The van der Waals surface area contributed by atoms with Crippen molar-refractivity contribution in [1.82, 2.24) is 3.12 Å². The van der Waals surface area contributed by atoms with Crippen molar-refractivity contribution in [3.8, 4) is 0 Å². The van der Waals surface area contributed by atoms with Crippen LogP contribution in [0, 0.1) is 0 Å². The molecule has 0 aromatic heterocycles. The first-order valence-corrected chi connectivity index (χ1v) is 13.5. The van der Waals surface area contributed by atoms with Crippen LogP contribution in [0.4, 0.5) is 0 Å². The van der Waals surface area contributed by atoms with Crippen LogP contribution in [0.1, 0.15) is 46.5 Å². The van der Waals surface area contributed by atoms with Crippen LogP contribution in [-0.2, 0) is 0 Å². The predicted octanol–water partition coefficient (Wildman–Crippen LogP) is 3.96. The Hall–Kier alpha value is 0.499. The molecule has 0 aromatic rings. The van der Waals surface area contributed by atoms with Crippen LogP contribution in [0.15, 0.2) is 9.67 Å². The van der Waals surface area contributed by atoms with E-state index in [9.17, 15) is 0 Å². The third-order valence-corrected chi connectivity index (χ3v) is 18.4. The Labute approximate surface area is 100 Å².